The number of halogens is 1. The summed E-state index contributed by atoms with van der Waals surface area (Å²) in [6, 6.07) is 3.25. The van der Waals surface area contributed by atoms with E-state index in [2.05, 4.69) is 37.3 Å². The second kappa shape index (κ2) is 7.63. The van der Waals surface area contributed by atoms with Gasteiger partial charge in [0.15, 0.2) is 17.5 Å². The Labute approximate surface area is 164 Å². The molecule has 28 heavy (non-hydrogen) atoms. The van der Waals surface area contributed by atoms with E-state index in [1.165, 1.54) is 13.0 Å². The maximum absolute atomic E-state index is 14.7. The zero-order valence-electron chi connectivity index (χ0n) is 16.6. The number of hydrogen-bond acceptors (Lipinski definition) is 7. The van der Waals surface area contributed by atoms with Gasteiger partial charge in [-0.1, -0.05) is 6.92 Å². The molecule has 0 spiro atoms. The van der Waals surface area contributed by atoms with E-state index in [1.807, 2.05) is 18.9 Å². The molecular weight excluding hydrogens is 361 g/mol. The molecule has 2 aliphatic heterocycles. The number of H-pyrrole nitrogens is 1. The van der Waals surface area contributed by atoms with Gasteiger partial charge in [-0.2, -0.15) is 10.1 Å². The van der Waals surface area contributed by atoms with Gasteiger partial charge in [0.1, 0.15) is 5.69 Å². The lowest BCUT2D eigenvalue weighted by Crippen LogP contribution is -2.61. The quantitative estimate of drug-likeness (QED) is 0.698. The molecule has 2 aliphatic rings. The predicted octanol–water partition coefficient (Wildman–Crippen LogP) is 2.33. The van der Waals surface area contributed by atoms with E-state index in [0.717, 1.165) is 25.0 Å². The molecule has 0 unspecified atom stereocenters. The van der Waals surface area contributed by atoms with Gasteiger partial charge in [0.2, 0.25) is 5.95 Å². The van der Waals surface area contributed by atoms with Gasteiger partial charge >= 0.3 is 0 Å². The number of fused-ring (bicyclic) bond motifs is 1. The molecule has 0 radical (unpaired) electrons. The third kappa shape index (κ3) is 3.44. The maximum atomic E-state index is 14.7. The summed E-state index contributed by atoms with van der Waals surface area (Å²) >= 11 is 0. The Bertz CT molecular complexity index is 842. The maximum Gasteiger partial charge on any atom is 0.227 e. The third-order valence-corrected chi connectivity index (χ3v) is 6.09. The van der Waals surface area contributed by atoms with Crippen LogP contribution in [0, 0.1) is 12.7 Å². The summed E-state index contributed by atoms with van der Waals surface area (Å²) in [5, 5.41) is 19.4. The van der Waals surface area contributed by atoms with Crippen LogP contribution in [-0.4, -0.2) is 61.9 Å². The van der Waals surface area contributed by atoms with E-state index < -0.39 is 12.4 Å². The number of piperidine rings is 1. The van der Waals surface area contributed by atoms with Gasteiger partial charge < -0.3 is 15.3 Å². The van der Waals surface area contributed by atoms with Crippen LogP contribution in [0.15, 0.2) is 6.07 Å². The molecule has 9 heteroatoms. The lowest BCUT2D eigenvalue weighted by molar-refractivity contribution is -0.00728. The normalized spacial score (nSPS) is 24.5. The third-order valence-electron chi connectivity index (χ3n) is 6.09. The Morgan fingerprint density at radius 1 is 1.39 bits per heavy atom. The number of aromatic nitrogens is 4. The number of hydrogen-bond donors (Lipinski definition) is 3. The van der Waals surface area contributed by atoms with Crippen molar-refractivity contribution in [3.05, 3.63) is 23.3 Å². The lowest BCUT2D eigenvalue weighted by atomic mass is 9.82. The first-order valence-corrected chi connectivity index (χ1v) is 9.95. The molecule has 2 aromatic rings. The lowest BCUT2D eigenvalue weighted by Gasteiger charge is -2.53. The highest BCUT2D eigenvalue weighted by atomic mass is 19.1. The first-order chi connectivity index (χ1) is 13.5. The van der Waals surface area contributed by atoms with Crippen LogP contribution in [-0.2, 0) is 6.61 Å². The molecule has 8 nitrogen and oxygen atoms in total. The van der Waals surface area contributed by atoms with Crippen LogP contribution in [0.25, 0.3) is 0 Å². The van der Waals surface area contributed by atoms with Crippen LogP contribution < -0.4 is 10.2 Å². The molecule has 152 valence electrons. The minimum Gasteiger partial charge on any atom is -0.390 e. The zero-order chi connectivity index (χ0) is 19.8. The molecule has 2 saturated heterocycles. The fraction of sp³-hybridized carbons (Fsp3) is 0.632. The van der Waals surface area contributed by atoms with Crippen molar-refractivity contribution in [2.24, 2.45) is 0 Å². The second-order valence-electron chi connectivity index (χ2n) is 7.83. The summed E-state index contributed by atoms with van der Waals surface area (Å²) in [5.74, 6) is 0.273. The first kappa shape index (κ1) is 19.1. The van der Waals surface area contributed by atoms with Gasteiger partial charge in [0, 0.05) is 43.5 Å². The average molecular weight is 389 g/mol. The standard InChI is InChI=1S/C19H28FN7O/c1-4-12-8-14(9-13-5-6-27(12)13)26(3)19-21-15(10-28)17(20)18(23-19)22-16-7-11(2)24-25-16/h7,12-14,28H,4-6,8-10H2,1-3H3,(H2,21,22,23,24,25)/t12-,13+,14-/m0/s1. The molecule has 0 saturated carbocycles. The Morgan fingerprint density at radius 3 is 2.82 bits per heavy atom. The van der Waals surface area contributed by atoms with E-state index in [9.17, 15) is 9.50 Å². The van der Waals surface area contributed by atoms with E-state index in [-0.39, 0.29) is 11.5 Å². The minimum absolute atomic E-state index is 0.0141. The predicted molar refractivity (Wildman–Crippen MR) is 105 cm³/mol. The number of anilines is 3. The number of nitrogens with zero attached hydrogens (tertiary/aromatic N) is 5. The van der Waals surface area contributed by atoms with Crippen molar-refractivity contribution in [2.45, 2.75) is 64.3 Å². The highest BCUT2D eigenvalue weighted by Crippen LogP contribution is 2.36. The first-order valence-electron chi connectivity index (χ1n) is 9.95. The van der Waals surface area contributed by atoms with Gasteiger partial charge in [-0.25, -0.2) is 9.37 Å². The number of rotatable bonds is 6. The monoisotopic (exact) mass is 389 g/mol. The van der Waals surface area contributed by atoms with Gasteiger partial charge in [0.25, 0.3) is 0 Å². The Balaban J connectivity index is 1.60. The molecule has 2 fully saturated rings. The molecule has 3 N–H and O–H groups in total. The summed E-state index contributed by atoms with van der Waals surface area (Å²) in [4.78, 5) is 13.4. The molecule has 0 aliphatic carbocycles. The van der Waals surface area contributed by atoms with Crippen molar-refractivity contribution in [1.29, 1.82) is 0 Å². The number of aromatic amines is 1. The van der Waals surface area contributed by atoms with Crippen LogP contribution in [0.5, 0.6) is 0 Å². The molecule has 4 heterocycles. The van der Waals surface area contributed by atoms with E-state index in [0.29, 0.717) is 29.9 Å². The summed E-state index contributed by atoms with van der Waals surface area (Å²) in [5.41, 5.74) is 0.842. The summed E-state index contributed by atoms with van der Waals surface area (Å²) in [6.45, 7) is 4.80. The van der Waals surface area contributed by atoms with Crippen LogP contribution in [0.1, 0.15) is 44.0 Å². The molecule has 3 atom stereocenters. The highest BCUT2D eigenvalue weighted by molar-refractivity contribution is 5.55. The molecule has 0 bridgehead atoms. The number of nitrogens with one attached hydrogen (secondary N) is 2. The van der Waals surface area contributed by atoms with Crippen molar-refractivity contribution in [3.8, 4) is 0 Å². The molecule has 2 aromatic heterocycles. The topological polar surface area (TPSA) is 93.2 Å². The summed E-state index contributed by atoms with van der Waals surface area (Å²) in [6.07, 6.45) is 4.46. The van der Waals surface area contributed by atoms with Crippen LogP contribution >= 0.6 is 0 Å². The molecule has 4 rings (SSSR count). The van der Waals surface area contributed by atoms with Gasteiger partial charge in [0.05, 0.1) is 6.61 Å². The highest BCUT2D eigenvalue weighted by Gasteiger charge is 2.41. The minimum atomic E-state index is -0.652. The van der Waals surface area contributed by atoms with Crippen molar-refractivity contribution >= 4 is 17.6 Å². The van der Waals surface area contributed by atoms with E-state index in [1.54, 1.807) is 6.07 Å². The van der Waals surface area contributed by atoms with Crippen molar-refractivity contribution in [3.63, 3.8) is 0 Å². The molecular formula is C19H28FN7O. The number of aliphatic hydroxyl groups is 1. The van der Waals surface area contributed by atoms with Gasteiger partial charge in [-0.15, -0.1) is 0 Å². The number of aryl methyl sites for hydroxylation is 1. The molecule has 0 amide bonds. The second-order valence-corrected chi connectivity index (χ2v) is 7.83. The van der Waals surface area contributed by atoms with E-state index >= 15 is 0 Å². The molecule has 0 aromatic carbocycles. The SMILES string of the molecule is CC[C@H]1C[C@H](N(C)c2nc(CO)c(F)c(Nc3cc(C)[nH]n3)n2)C[C@H]2CCN21. The smallest absolute Gasteiger partial charge is 0.227 e. The summed E-state index contributed by atoms with van der Waals surface area (Å²) < 4.78 is 14.7. The fourth-order valence-corrected chi connectivity index (χ4v) is 4.36. The largest absolute Gasteiger partial charge is 0.390 e. The van der Waals surface area contributed by atoms with E-state index in [4.69, 9.17) is 0 Å². The van der Waals surface area contributed by atoms with Crippen molar-refractivity contribution in [2.75, 3.05) is 23.8 Å². The van der Waals surface area contributed by atoms with Crippen LogP contribution in [0.2, 0.25) is 0 Å². The van der Waals surface area contributed by atoms with Crippen molar-refractivity contribution < 1.29 is 9.50 Å². The van der Waals surface area contributed by atoms with Gasteiger partial charge in [-0.05, 0) is 32.6 Å². The average Bonchev–Trinajstić information content (AvgIpc) is 3.08. The van der Waals surface area contributed by atoms with Crippen LogP contribution in [0.4, 0.5) is 22.0 Å². The number of aliphatic hydroxyl groups excluding tert-OH is 1. The van der Waals surface area contributed by atoms with Gasteiger partial charge in [-0.3, -0.25) is 10.00 Å². The van der Waals surface area contributed by atoms with Crippen LogP contribution in [0.3, 0.4) is 0 Å². The fourth-order valence-electron chi connectivity index (χ4n) is 4.36. The van der Waals surface area contributed by atoms with Crippen molar-refractivity contribution in [1.82, 2.24) is 25.1 Å². The summed E-state index contributed by atoms with van der Waals surface area (Å²) in [7, 11) is 1.96. The Hall–Kier alpha value is -2.26. The Kier molecular flexibility index (Phi) is 5.20. The Morgan fingerprint density at radius 2 is 2.21 bits per heavy atom. The zero-order valence-corrected chi connectivity index (χ0v) is 16.6.